The Hall–Kier alpha value is -1.81. The zero-order chi connectivity index (χ0) is 14.4. The SMILES string of the molecule is CC(C)=CC(=O)N(CC(=O)O)Cc1ccccc1Cl. The number of nitrogens with zero attached hydrogens (tertiary/aromatic N) is 1. The average molecular weight is 282 g/mol. The molecule has 1 aromatic carbocycles. The first kappa shape index (κ1) is 15.2. The summed E-state index contributed by atoms with van der Waals surface area (Å²) in [6.07, 6.45) is 1.42. The van der Waals surface area contributed by atoms with Crippen LogP contribution in [-0.2, 0) is 16.1 Å². The fourth-order valence-electron chi connectivity index (χ4n) is 1.55. The van der Waals surface area contributed by atoms with E-state index in [1.54, 1.807) is 38.1 Å². The lowest BCUT2D eigenvalue weighted by molar-refractivity contribution is -0.143. The molecular weight excluding hydrogens is 266 g/mol. The lowest BCUT2D eigenvalue weighted by Crippen LogP contribution is -2.34. The molecule has 0 bridgehead atoms. The number of allylic oxidation sites excluding steroid dienone is 1. The second kappa shape index (κ2) is 6.95. The maximum Gasteiger partial charge on any atom is 0.323 e. The number of carbonyl (C=O) groups excluding carboxylic acids is 1. The predicted molar refractivity (Wildman–Crippen MR) is 73.9 cm³/mol. The van der Waals surface area contributed by atoms with E-state index in [0.717, 1.165) is 11.1 Å². The molecule has 1 rings (SSSR count). The van der Waals surface area contributed by atoms with E-state index in [2.05, 4.69) is 0 Å². The minimum Gasteiger partial charge on any atom is -0.480 e. The fraction of sp³-hybridized carbons (Fsp3) is 0.286. The molecule has 0 fully saturated rings. The molecule has 0 aromatic heterocycles. The quantitative estimate of drug-likeness (QED) is 0.844. The van der Waals surface area contributed by atoms with Gasteiger partial charge < -0.3 is 10.0 Å². The van der Waals surface area contributed by atoms with Crippen molar-refractivity contribution in [3.63, 3.8) is 0 Å². The molecule has 0 aliphatic heterocycles. The van der Waals surface area contributed by atoms with Crippen LogP contribution < -0.4 is 0 Å². The Morgan fingerprint density at radius 2 is 1.95 bits per heavy atom. The van der Waals surface area contributed by atoms with Crippen molar-refractivity contribution in [3.8, 4) is 0 Å². The van der Waals surface area contributed by atoms with Crippen LogP contribution in [0.5, 0.6) is 0 Å². The highest BCUT2D eigenvalue weighted by Crippen LogP contribution is 2.17. The highest BCUT2D eigenvalue weighted by molar-refractivity contribution is 6.31. The summed E-state index contributed by atoms with van der Waals surface area (Å²) >= 11 is 6.01. The van der Waals surface area contributed by atoms with Gasteiger partial charge in [-0.1, -0.05) is 35.4 Å². The highest BCUT2D eigenvalue weighted by Gasteiger charge is 2.16. The van der Waals surface area contributed by atoms with Crippen molar-refractivity contribution in [1.29, 1.82) is 0 Å². The number of carboxylic acids is 1. The van der Waals surface area contributed by atoms with Gasteiger partial charge in [-0.25, -0.2) is 0 Å². The summed E-state index contributed by atoms with van der Waals surface area (Å²) in [5.74, 6) is -1.38. The molecule has 0 aliphatic rings. The summed E-state index contributed by atoms with van der Waals surface area (Å²) < 4.78 is 0. The smallest absolute Gasteiger partial charge is 0.323 e. The molecule has 4 nitrogen and oxygen atoms in total. The second-order valence-electron chi connectivity index (χ2n) is 4.40. The number of hydrogen-bond acceptors (Lipinski definition) is 2. The first-order valence-corrected chi connectivity index (χ1v) is 6.17. The largest absolute Gasteiger partial charge is 0.480 e. The molecule has 1 aromatic rings. The van der Waals surface area contributed by atoms with E-state index in [-0.39, 0.29) is 19.0 Å². The maximum absolute atomic E-state index is 11.9. The van der Waals surface area contributed by atoms with E-state index in [4.69, 9.17) is 16.7 Å². The lowest BCUT2D eigenvalue weighted by atomic mass is 10.2. The molecule has 0 saturated heterocycles. The summed E-state index contributed by atoms with van der Waals surface area (Å²) in [5, 5.41) is 9.38. The van der Waals surface area contributed by atoms with Crippen LogP contribution in [0.1, 0.15) is 19.4 Å². The molecule has 0 unspecified atom stereocenters. The summed E-state index contributed by atoms with van der Waals surface area (Å²) in [6.45, 7) is 3.39. The Morgan fingerprint density at radius 1 is 1.32 bits per heavy atom. The number of amides is 1. The van der Waals surface area contributed by atoms with Crippen LogP contribution in [0.25, 0.3) is 0 Å². The molecule has 102 valence electrons. The number of carbonyl (C=O) groups is 2. The van der Waals surface area contributed by atoms with E-state index in [1.807, 2.05) is 0 Å². The van der Waals surface area contributed by atoms with Crippen LogP contribution in [0, 0.1) is 0 Å². The predicted octanol–water partition coefficient (Wildman–Crippen LogP) is 2.72. The maximum atomic E-state index is 11.9. The van der Waals surface area contributed by atoms with Gasteiger partial charge in [0.05, 0.1) is 0 Å². The average Bonchev–Trinajstić information content (AvgIpc) is 2.29. The number of halogens is 1. The number of hydrogen-bond donors (Lipinski definition) is 1. The van der Waals surface area contributed by atoms with Crippen LogP contribution in [0.15, 0.2) is 35.9 Å². The molecule has 0 heterocycles. The van der Waals surface area contributed by atoms with Gasteiger partial charge in [-0.15, -0.1) is 0 Å². The topological polar surface area (TPSA) is 57.6 Å². The van der Waals surface area contributed by atoms with Crippen molar-refractivity contribution >= 4 is 23.5 Å². The molecular formula is C14H16ClNO3. The van der Waals surface area contributed by atoms with E-state index >= 15 is 0 Å². The zero-order valence-corrected chi connectivity index (χ0v) is 11.6. The van der Waals surface area contributed by atoms with Gasteiger partial charge >= 0.3 is 5.97 Å². The van der Waals surface area contributed by atoms with Gasteiger partial charge in [0.25, 0.3) is 0 Å². The Labute approximate surface area is 117 Å². The van der Waals surface area contributed by atoms with Crippen molar-refractivity contribution in [3.05, 3.63) is 46.5 Å². The molecule has 0 spiro atoms. The van der Waals surface area contributed by atoms with Crippen LogP contribution in [0.4, 0.5) is 0 Å². The van der Waals surface area contributed by atoms with E-state index < -0.39 is 5.97 Å². The highest BCUT2D eigenvalue weighted by atomic mass is 35.5. The van der Waals surface area contributed by atoms with Gasteiger partial charge in [-0.05, 0) is 25.5 Å². The summed E-state index contributed by atoms with van der Waals surface area (Å²) in [6, 6.07) is 7.06. The summed E-state index contributed by atoms with van der Waals surface area (Å²) in [7, 11) is 0. The minimum atomic E-state index is -1.05. The van der Waals surface area contributed by atoms with Gasteiger partial charge in [-0.2, -0.15) is 0 Å². The van der Waals surface area contributed by atoms with Crippen LogP contribution in [-0.4, -0.2) is 28.4 Å². The number of rotatable bonds is 5. The summed E-state index contributed by atoms with van der Waals surface area (Å²) in [4.78, 5) is 24.0. The number of benzene rings is 1. The van der Waals surface area contributed by atoms with Gasteiger partial charge in [0.2, 0.25) is 5.91 Å². The third kappa shape index (κ3) is 5.14. The summed E-state index contributed by atoms with van der Waals surface area (Å²) in [5.41, 5.74) is 1.54. The molecule has 0 radical (unpaired) electrons. The van der Waals surface area contributed by atoms with Gasteiger partial charge in [0.15, 0.2) is 0 Å². The standard InChI is InChI=1S/C14H16ClNO3/c1-10(2)7-13(17)16(9-14(18)19)8-11-5-3-4-6-12(11)15/h3-7H,8-9H2,1-2H3,(H,18,19). The van der Waals surface area contributed by atoms with E-state index in [1.165, 1.54) is 11.0 Å². The monoisotopic (exact) mass is 281 g/mol. The van der Waals surface area contributed by atoms with Gasteiger partial charge in [0, 0.05) is 17.6 Å². The van der Waals surface area contributed by atoms with Crippen LogP contribution in [0.3, 0.4) is 0 Å². The van der Waals surface area contributed by atoms with Gasteiger partial charge in [0.1, 0.15) is 6.54 Å². The minimum absolute atomic E-state index is 0.175. The van der Waals surface area contributed by atoms with Crippen molar-refractivity contribution in [2.24, 2.45) is 0 Å². The van der Waals surface area contributed by atoms with Crippen molar-refractivity contribution in [1.82, 2.24) is 4.90 Å². The Balaban J connectivity index is 2.92. The second-order valence-corrected chi connectivity index (χ2v) is 4.81. The van der Waals surface area contributed by atoms with Gasteiger partial charge in [-0.3, -0.25) is 9.59 Å². The van der Waals surface area contributed by atoms with E-state index in [0.29, 0.717) is 5.02 Å². The number of aliphatic carboxylic acids is 1. The van der Waals surface area contributed by atoms with Crippen molar-refractivity contribution < 1.29 is 14.7 Å². The number of carboxylic acid groups (broad SMARTS) is 1. The van der Waals surface area contributed by atoms with Crippen LogP contribution in [0.2, 0.25) is 5.02 Å². The normalized spacial score (nSPS) is 9.84. The third-order valence-electron chi connectivity index (χ3n) is 2.37. The molecule has 5 heteroatoms. The zero-order valence-electron chi connectivity index (χ0n) is 10.9. The first-order chi connectivity index (χ1) is 8.90. The molecule has 19 heavy (non-hydrogen) atoms. The molecule has 0 atom stereocenters. The first-order valence-electron chi connectivity index (χ1n) is 5.79. The van der Waals surface area contributed by atoms with Crippen molar-refractivity contribution in [2.45, 2.75) is 20.4 Å². The molecule has 1 amide bonds. The fourth-order valence-corrected chi connectivity index (χ4v) is 1.74. The van der Waals surface area contributed by atoms with Crippen molar-refractivity contribution in [2.75, 3.05) is 6.54 Å². The molecule has 0 saturated carbocycles. The Kier molecular flexibility index (Phi) is 5.57. The molecule has 1 N–H and O–H groups in total. The van der Waals surface area contributed by atoms with Crippen LogP contribution >= 0.6 is 11.6 Å². The lowest BCUT2D eigenvalue weighted by Gasteiger charge is -2.20. The third-order valence-corrected chi connectivity index (χ3v) is 2.74. The Morgan fingerprint density at radius 3 is 2.47 bits per heavy atom. The Bertz CT molecular complexity index is 507. The molecule has 0 aliphatic carbocycles. The van der Waals surface area contributed by atoms with E-state index in [9.17, 15) is 9.59 Å².